The Labute approximate surface area is 122 Å². The molecule has 1 aromatic rings. The van der Waals surface area contributed by atoms with Crippen LogP contribution in [0.4, 0.5) is 4.79 Å². The Morgan fingerprint density at radius 1 is 1.56 bits per heavy atom. The molecule has 0 aliphatic rings. The van der Waals surface area contributed by atoms with Crippen LogP contribution < -0.4 is 0 Å². The smallest absolute Gasteiger partial charge is 0.410 e. The summed E-state index contributed by atoms with van der Waals surface area (Å²) in [7, 11) is 3.66. The third-order valence-electron chi connectivity index (χ3n) is 2.40. The predicted molar refractivity (Wildman–Crippen MR) is 78.5 cm³/mol. The molecule has 0 fully saturated rings. The number of likely N-dealkylation sites (N-methyl/N-ethyl adjacent to an activating group) is 1. The Bertz CT molecular complexity index is 404. The van der Waals surface area contributed by atoms with Crippen molar-refractivity contribution in [3.63, 3.8) is 0 Å². The fourth-order valence-electron chi connectivity index (χ4n) is 1.42. The van der Waals surface area contributed by atoms with Gasteiger partial charge in [0.2, 0.25) is 0 Å². The van der Waals surface area contributed by atoms with Crippen LogP contribution in [0, 0.1) is 3.57 Å². The van der Waals surface area contributed by atoms with Gasteiger partial charge in [-0.25, -0.2) is 4.79 Å². The van der Waals surface area contributed by atoms with Gasteiger partial charge >= 0.3 is 6.09 Å². The molecule has 5 nitrogen and oxygen atoms in total. The average molecular weight is 365 g/mol. The molecule has 0 saturated heterocycles. The Hall–Kier alpha value is -0.790. The topological polar surface area (TPSA) is 47.4 Å². The van der Waals surface area contributed by atoms with Crippen LogP contribution in [0.15, 0.2) is 6.20 Å². The van der Waals surface area contributed by atoms with Crippen LogP contribution in [0.5, 0.6) is 0 Å². The number of aryl methyl sites for hydroxylation is 1. The van der Waals surface area contributed by atoms with E-state index in [0.717, 1.165) is 15.7 Å². The zero-order chi connectivity index (χ0) is 13.9. The number of hydrogen-bond acceptors (Lipinski definition) is 3. The summed E-state index contributed by atoms with van der Waals surface area (Å²) in [6, 6.07) is 0. The van der Waals surface area contributed by atoms with Crippen molar-refractivity contribution in [3.8, 4) is 0 Å². The first-order valence-electron chi connectivity index (χ1n) is 5.81. The normalized spacial score (nSPS) is 11.4. The molecule has 0 N–H and O–H groups in total. The minimum Gasteiger partial charge on any atom is -0.444 e. The molecule has 0 saturated carbocycles. The van der Waals surface area contributed by atoms with E-state index in [0.29, 0.717) is 6.54 Å². The lowest BCUT2D eigenvalue weighted by Crippen LogP contribution is -2.35. The summed E-state index contributed by atoms with van der Waals surface area (Å²) in [6.45, 7) is 6.21. The average Bonchev–Trinajstić information content (AvgIpc) is 2.53. The van der Waals surface area contributed by atoms with Crippen molar-refractivity contribution in [2.45, 2.75) is 32.8 Å². The molecule has 0 radical (unpaired) electrons. The van der Waals surface area contributed by atoms with Gasteiger partial charge in [0, 0.05) is 27.1 Å². The number of nitrogens with zero attached hydrogens (tertiary/aromatic N) is 3. The summed E-state index contributed by atoms with van der Waals surface area (Å²) >= 11 is 2.25. The molecule has 0 aliphatic carbocycles. The molecule has 6 heteroatoms. The maximum absolute atomic E-state index is 11.8. The largest absolute Gasteiger partial charge is 0.444 e. The van der Waals surface area contributed by atoms with Crippen LogP contribution in [-0.2, 0) is 18.2 Å². The number of hydrogen-bond donors (Lipinski definition) is 0. The van der Waals surface area contributed by atoms with Crippen molar-refractivity contribution in [2.75, 3.05) is 13.6 Å². The lowest BCUT2D eigenvalue weighted by molar-refractivity contribution is 0.0300. The zero-order valence-corrected chi connectivity index (χ0v) is 13.7. The number of carbonyl (C=O) groups excluding carboxylic acids is 1. The predicted octanol–water partition coefficient (Wildman–Crippen LogP) is 2.43. The van der Waals surface area contributed by atoms with Gasteiger partial charge in [0.05, 0.1) is 15.5 Å². The van der Waals surface area contributed by atoms with Gasteiger partial charge in [-0.1, -0.05) is 0 Å². The molecule has 18 heavy (non-hydrogen) atoms. The van der Waals surface area contributed by atoms with Crippen molar-refractivity contribution < 1.29 is 9.53 Å². The van der Waals surface area contributed by atoms with E-state index in [1.807, 2.05) is 38.7 Å². The van der Waals surface area contributed by atoms with Gasteiger partial charge in [-0.05, 0) is 43.4 Å². The summed E-state index contributed by atoms with van der Waals surface area (Å²) < 4.78 is 8.25. The van der Waals surface area contributed by atoms with E-state index in [1.165, 1.54) is 0 Å². The van der Waals surface area contributed by atoms with Crippen LogP contribution in [0.3, 0.4) is 0 Å². The molecule has 1 amide bonds. The first kappa shape index (κ1) is 15.3. The maximum atomic E-state index is 11.8. The Kier molecular flexibility index (Phi) is 5.01. The summed E-state index contributed by atoms with van der Waals surface area (Å²) in [5, 5.41) is 4.17. The molecule has 0 unspecified atom stereocenters. The first-order chi connectivity index (χ1) is 8.20. The van der Waals surface area contributed by atoms with E-state index >= 15 is 0 Å². The van der Waals surface area contributed by atoms with Crippen molar-refractivity contribution in [2.24, 2.45) is 7.05 Å². The lowest BCUT2D eigenvalue weighted by Gasteiger charge is -2.24. The van der Waals surface area contributed by atoms with E-state index in [9.17, 15) is 4.79 Å². The van der Waals surface area contributed by atoms with Crippen molar-refractivity contribution in [1.29, 1.82) is 0 Å². The van der Waals surface area contributed by atoms with E-state index in [1.54, 1.807) is 11.9 Å². The molecule has 1 aromatic heterocycles. The highest BCUT2D eigenvalue weighted by molar-refractivity contribution is 14.1. The number of amides is 1. The van der Waals surface area contributed by atoms with Gasteiger partial charge in [-0.15, -0.1) is 0 Å². The fourth-order valence-corrected chi connectivity index (χ4v) is 2.17. The van der Waals surface area contributed by atoms with Crippen LogP contribution in [-0.4, -0.2) is 40.0 Å². The molecular formula is C12H20IN3O2. The Morgan fingerprint density at radius 3 is 2.61 bits per heavy atom. The van der Waals surface area contributed by atoms with Gasteiger partial charge in [0.25, 0.3) is 0 Å². The van der Waals surface area contributed by atoms with E-state index in [2.05, 4.69) is 27.7 Å². The van der Waals surface area contributed by atoms with Gasteiger partial charge in [0.15, 0.2) is 0 Å². The SMILES string of the molecule is CN(CCc1c(I)cnn1C)C(=O)OC(C)(C)C. The second kappa shape index (κ2) is 5.90. The molecule has 0 atom stereocenters. The molecule has 1 heterocycles. The van der Waals surface area contributed by atoms with Crippen LogP contribution in [0.2, 0.25) is 0 Å². The standard InChI is InChI=1S/C12H20IN3O2/c1-12(2,3)18-11(17)15(4)7-6-10-9(13)8-14-16(10)5/h8H,6-7H2,1-5H3. The van der Waals surface area contributed by atoms with Crippen molar-refractivity contribution in [3.05, 3.63) is 15.5 Å². The van der Waals surface area contributed by atoms with Crippen molar-refractivity contribution >= 4 is 28.7 Å². The lowest BCUT2D eigenvalue weighted by atomic mass is 10.2. The highest BCUT2D eigenvalue weighted by atomic mass is 127. The van der Waals surface area contributed by atoms with Crippen molar-refractivity contribution in [1.82, 2.24) is 14.7 Å². The second-order valence-electron chi connectivity index (χ2n) is 5.21. The third-order valence-corrected chi connectivity index (χ3v) is 3.30. The summed E-state index contributed by atoms with van der Waals surface area (Å²) in [6.07, 6.45) is 2.30. The Balaban J connectivity index is 2.51. The van der Waals surface area contributed by atoms with Gasteiger partial charge in [-0.3, -0.25) is 4.68 Å². The second-order valence-corrected chi connectivity index (χ2v) is 6.38. The number of rotatable bonds is 3. The number of halogens is 1. The molecule has 0 aliphatic heterocycles. The quantitative estimate of drug-likeness (QED) is 0.773. The Morgan fingerprint density at radius 2 is 2.17 bits per heavy atom. The van der Waals surface area contributed by atoms with Gasteiger partial charge in [-0.2, -0.15) is 5.10 Å². The van der Waals surface area contributed by atoms with Crippen LogP contribution >= 0.6 is 22.6 Å². The van der Waals surface area contributed by atoms with E-state index in [-0.39, 0.29) is 6.09 Å². The first-order valence-corrected chi connectivity index (χ1v) is 6.89. The minimum absolute atomic E-state index is 0.292. The van der Waals surface area contributed by atoms with E-state index < -0.39 is 5.60 Å². The monoisotopic (exact) mass is 365 g/mol. The van der Waals surface area contributed by atoms with E-state index in [4.69, 9.17) is 4.74 Å². The minimum atomic E-state index is -0.452. The van der Waals surface area contributed by atoms with Gasteiger partial charge in [0.1, 0.15) is 5.60 Å². The summed E-state index contributed by atoms with van der Waals surface area (Å²) in [5.41, 5.74) is 0.678. The summed E-state index contributed by atoms with van der Waals surface area (Å²) in [4.78, 5) is 13.4. The molecule has 0 spiro atoms. The maximum Gasteiger partial charge on any atom is 0.410 e. The number of aromatic nitrogens is 2. The molecule has 0 aromatic carbocycles. The van der Waals surface area contributed by atoms with Crippen LogP contribution in [0.25, 0.3) is 0 Å². The van der Waals surface area contributed by atoms with Crippen LogP contribution in [0.1, 0.15) is 26.5 Å². The molecule has 1 rings (SSSR count). The fraction of sp³-hybridized carbons (Fsp3) is 0.667. The molecule has 102 valence electrons. The number of carbonyl (C=O) groups is 1. The zero-order valence-electron chi connectivity index (χ0n) is 11.5. The number of ether oxygens (including phenoxy) is 1. The molecular weight excluding hydrogens is 345 g/mol. The third kappa shape index (κ3) is 4.47. The highest BCUT2D eigenvalue weighted by Gasteiger charge is 2.19. The molecule has 0 bridgehead atoms. The van der Waals surface area contributed by atoms with Gasteiger partial charge < -0.3 is 9.64 Å². The highest BCUT2D eigenvalue weighted by Crippen LogP contribution is 2.13. The summed E-state index contributed by atoms with van der Waals surface area (Å²) in [5.74, 6) is 0.